The number of carbonyl (C=O) groups is 1. The Morgan fingerprint density at radius 3 is 2.78 bits per heavy atom. The molecule has 0 aliphatic carbocycles. The van der Waals surface area contributed by atoms with E-state index < -0.39 is 14.5 Å². The number of amides is 1. The van der Waals surface area contributed by atoms with E-state index in [-0.39, 0.29) is 0 Å². The molecule has 0 radical (unpaired) electrons. The van der Waals surface area contributed by atoms with E-state index in [0.717, 1.165) is 0 Å². The lowest BCUT2D eigenvalue weighted by molar-refractivity contribution is -0.189. The molecule has 6 heteroatoms. The highest BCUT2D eigenvalue weighted by Gasteiger charge is 2.08. The second-order valence-electron chi connectivity index (χ2n) is 1.26. The lowest BCUT2D eigenvalue weighted by atomic mass is 10.7. The molecule has 2 unspecified atom stereocenters. The van der Waals surface area contributed by atoms with Crippen molar-refractivity contribution >= 4 is 14.7 Å². The molecule has 0 saturated carbocycles. The molecule has 1 amide bonds. The highest BCUT2D eigenvalue weighted by Crippen LogP contribution is 2.10. The molecule has 52 valence electrons. The third-order valence-corrected chi connectivity index (χ3v) is 1.04. The average molecular weight is 151 g/mol. The monoisotopic (exact) mass is 151 g/mol. The first-order valence-corrected chi connectivity index (χ1v) is 3.27. The SMILES string of the molecule is CC(NC=O)O[P+](=O)[O-]. The van der Waals surface area contributed by atoms with Crippen LogP contribution in [0.1, 0.15) is 6.92 Å². The minimum Gasteiger partial charge on any atom is -0.566 e. The first-order chi connectivity index (χ1) is 4.16. The summed E-state index contributed by atoms with van der Waals surface area (Å²) in [6, 6.07) is 0. The lowest BCUT2D eigenvalue weighted by Gasteiger charge is -2.00. The Balaban J connectivity index is 3.37. The standard InChI is InChI=1S/C3H6NO4P/c1-3(4-2-5)8-9(6)7/h2-3H,1H3,(H,4,5). The molecule has 0 aliphatic rings. The fourth-order valence-corrected chi connectivity index (χ4v) is 0.574. The Morgan fingerprint density at radius 2 is 2.44 bits per heavy atom. The van der Waals surface area contributed by atoms with E-state index in [2.05, 4.69) is 9.84 Å². The van der Waals surface area contributed by atoms with Gasteiger partial charge in [-0.05, 0) is 11.5 Å². The molecule has 0 fully saturated rings. The van der Waals surface area contributed by atoms with Crippen molar-refractivity contribution in [2.24, 2.45) is 0 Å². The predicted octanol–water partition coefficient (Wildman–Crippen LogP) is -0.887. The van der Waals surface area contributed by atoms with Gasteiger partial charge in [-0.1, -0.05) is 0 Å². The fraction of sp³-hybridized carbons (Fsp3) is 0.667. The second kappa shape index (κ2) is 4.38. The zero-order valence-electron chi connectivity index (χ0n) is 4.73. The van der Waals surface area contributed by atoms with Crippen LogP contribution in [-0.2, 0) is 13.9 Å². The summed E-state index contributed by atoms with van der Waals surface area (Å²) in [6.07, 6.45) is -0.410. The highest BCUT2D eigenvalue weighted by atomic mass is 31.1. The summed E-state index contributed by atoms with van der Waals surface area (Å²) < 4.78 is 13.8. The van der Waals surface area contributed by atoms with Crippen molar-refractivity contribution in [3.63, 3.8) is 0 Å². The minimum atomic E-state index is -2.87. The number of carbonyl (C=O) groups excluding carboxylic acids is 1. The van der Waals surface area contributed by atoms with Gasteiger partial charge in [0.2, 0.25) is 6.41 Å². The Bertz CT molecular complexity index is 116. The van der Waals surface area contributed by atoms with Gasteiger partial charge >= 0.3 is 8.25 Å². The first kappa shape index (κ1) is 8.49. The van der Waals surface area contributed by atoms with Gasteiger partial charge in [-0.2, -0.15) is 0 Å². The molecule has 5 nitrogen and oxygen atoms in total. The number of rotatable bonds is 4. The molecule has 9 heavy (non-hydrogen) atoms. The van der Waals surface area contributed by atoms with Crippen LogP contribution in [0.2, 0.25) is 0 Å². The van der Waals surface area contributed by atoms with Crippen molar-refractivity contribution in [2.75, 3.05) is 0 Å². The van der Waals surface area contributed by atoms with E-state index >= 15 is 0 Å². The van der Waals surface area contributed by atoms with Gasteiger partial charge < -0.3 is 10.2 Å². The van der Waals surface area contributed by atoms with Crippen LogP contribution in [0.3, 0.4) is 0 Å². The zero-order chi connectivity index (χ0) is 7.28. The van der Waals surface area contributed by atoms with Crippen LogP contribution in [0.25, 0.3) is 0 Å². The Hall–Kier alpha value is -0.510. The van der Waals surface area contributed by atoms with Crippen molar-refractivity contribution in [2.45, 2.75) is 13.2 Å². The minimum absolute atomic E-state index is 0.365. The quantitative estimate of drug-likeness (QED) is 0.321. The Labute approximate surface area is 53.0 Å². The van der Waals surface area contributed by atoms with Gasteiger partial charge in [0, 0.05) is 0 Å². The van der Waals surface area contributed by atoms with Gasteiger partial charge in [0.1, 0.15) is 0 Å². The van der Waals surface area contributed by atoms with Crippen LogP contribution >= 0.6 is 8.25 Å². The van der Waals surface area contributed by atoms with Crippen LogP contribution in [0.5, 0.6) is 0 Å². The van der Waals surface area contributed by atoms with Crippen molar-refractivity contribution in [1.29, 1.82) is 0 Å². The molecule has 2 atom stereocenters. The fourth-order valence-electron chi connectivity index (χ4n) is 0.255. The Morgan fingerprint density at radius 1 is 1.89 bits per heavy atom. The summed E-state index contributed by atoms with van der Waals surface area (Å²) in [6.45, 7) is 1.40. The van der Waals surface area contributed by atoms with Gasteiger partial charge in [0.15, 0.2) is 6.23 Å². The maximum absolute atomic E-state index is 9.74. The second-order valence-corrected chi connectivity index (χ2v) is 1.91. The number of hydrogen-bond acceptors (Lipinski definition) is 4. The maximum atomic E-state index is 9.74. The summed E-state index contributed by atoms with van der Waals surface area (Å²) in [7, 11) is -2.87. The summed E-state index contributed by atoms with van der Waals surface area (Å²) in [4.78, 5) is 19.4. The van der Waals surface area contributed by atoms with Gasteiger partial charge in [-0.25, -0.2) is 0 Å². The molecule has 0 saturated heterocycles. The van der Waals surface area contributed by atoms with Crippen molar-refractivity contribution in [3.05, 3.63) is 0 Å². The van der Waals surface area contributed by atoms with Crippen LogP contribution in [-0.4, -0.2) is 12.6 Å². The molecule has 0 heterocycles. The van der Waals surface area contributed by atoms with E-state index in [9.17, 15) is 14.3 Å². The third kappa shape index (κ3) is 5.36. The molecule has 0 aromatic rings. The van der Waals surface area contributed by atoms with E-state index in [1.54, 1.807) is 0 Å². The first-order valence-electron chi connectivity index (χ1n) is 2.17. The molecule has 1 N–H and O–H groups in total. The molecular weight excluding hydrogens is 145 g/mol. The van der Waals surface area contributed by atoms with Crippen LogP contribution in [0.15, 0.2) is 0 Å². The largest absolute Gasteiger partial charge is 0.566 e. The number of nitrogens with one attached hydrogen (secondary N) is 1. The van der Waals surface area contributed by atoms with E-state index in [1.807, 2.05) is 0 Å². The molecule has 0 bridgehead atoms. The smallest absolute Gasteiger partial charge is 0.490 e. The maximum Gasteiger partial charge on any atom is 0.490 e. The van der Waals surface area contributed by atoms with Gasteiger partial charge in [0.05, 0.1) is 0 Å². The van der Waals surface area contributed by atoms with Crippen LogP contribution < -0.4 is 10.2 Å². The van der Waals surface area contributed by atoms with Crippen molar-refractivity contribution in [1.82, 2.24) is 5.32 Å². The third-order valence-electron chi connectivity index (χ3n) is 0.547. The Kier molecular flexibility index (Phi) is 4.13. The average Bonchev–Trinajstić information content (AvgIpc) is 1.63. The summed E-state index contributed by atoms with van der Waals surface area (Å²) >= 11 is 0. The van der Waals surface area contributed by atoms with E-state index in [0.29, 0.717) is 6.41 Å². The molecular formula is C3H6NO4P. The molecule has 0 aromatic heterocycles. The zero-order valence-corrected chi connectivity index (χ0v) is 5.63. The van der Waals surface area contributed by atoms with Crippen LogP contribution in [0, 0.1) is 0 Å². The van der Waals surface area contributed by atoms with Gasteiger partial charge in [-0.15, -0.1) is 4.52 Å². The van der Waals surface area contributed by atoms with Gasteiger partial charge in [0.25, 0.3) is 0 Å². The topological polar surface area (TPSA) is 78.5 Å². The normalized spacial score (nSPS) is 14.2. The summed E-state index contributed by atoms with van der Waals surface area (Å²) in [5, 5.41) is 2.09. The van der Waals surface area contributed by atoms with Crippen molar-refractivity contribution < 1.29 is 18.8 Å². The van der Waals surface area contributed by atoms with Gasteiger partial charge in [-0.3, -0.25) is 4.79 Å². The molecule has 0 spiro atoms. The highest BCUT2D eigenvalue weighted by molar-refractivity contribution is 7.30. The van der Waals surface area contributed by atoms with Crippen LogP contribution in [0.4, 0.5) is 0 Å². The molecule has 0 aromatic carbocycles. The van der Waals surface area contributed by atoms with Crippen molar-refractivity contribution in [3.8, 4) is 0 Å². The molecule has 0 rings (SSSR count). The lowest BCUT2D eigenvalue weighted by Crippen LogP contribution is -2.25. The number of hydrogen-bond donors (Lipinski definition) is 1. The summed E-state index contributed by atoms with van der Waals surface area (Å²) in [5.74, 6) is 0. The van der Waals surface area contributed by atoms with E-state index in [1.165, 1.54) is 6.92 Å². The molecule has 0 aliphatic heterocycles. The summed E-state index contributed by atoms with van der Waals surface area (Å²) in [5.41, 5.74) is 0. The predicted molar refractivity (Wildman–Crippen MR) is 27.4 cm³/mol. The van der Waals surface area contributed by atoms with E-state index in [4.69, 9.17) is 0 Å².